The van der Waals surface area contributed by atoms with Crippen LogP contribution in [0.2, 0.25) is 0 Å². The van der Waals surface area contributed by atoms with Gasteiger partial charge >= 0.3 is 0 Å². The van der Waals surface area contributed by atoms with E-state index in [1.165, 1.54) is 22.6 Å². The highest BCUT2D eigenvalue weighted by molar-refractivity contribution is 8.07. The lowest BCUT2D eigenvalue weighted by molar-refractivity contribution is 0.396. The van der Waals surface area contributed by atoms with Crippen LogP contribution in [0.4, 0.5) is 0 Å². The minimum Gasteiger partial charge on any atom is -0.496 e. The monoisotopic (exact) mass is 325 g/mol. The number of aryl methyl sites for hydroxylation is 1. The molecule has 1 N–H and O–H groups in total. The van der Waals surface area contributed by atoms with Gasteiger partial charge in [0.05, 0.1) is 7.11 Å². The van der Waals surface area contributed by atoms with Crippen LogP contribution in [0, 0.1) is 6.92 Å². The van der Waals surface area contributed by atoms with Crippen molar-refractivity contribution in [3.8, 4) is 5.75 Å². The van der Waals surface area contributed by atoms with Gasteiger partial charge in [-0.2, -0.15) is 23.5 Å². The van der Waals surface area contributed by atoms with Gasteiger partial charge in [0.15, 0.2) is 0 Å². The Morgan fingerprint density at radius 3 is 2.76 bits per heavy atom. The van der Waals surface area contributed by atoms with Crippen molar-refractivity contribution < 1.29 is 4.74 Å². The van der Waals surface area contributed by atoms with E-state index in [-0.39, 0.29) is 0 Å². The van der Waals surface area contributed by atoms with Gasteiger partial charge in [0.25, 0.3) is 0 Å². The minimum atomic E-state index is 0.368. The molecule has 1 saturated heterocycles. The molecule has 1 aromatic rings. The fraction of sp³-hybridized carbons (Fsp3) is 0.647. The van der Waals surface area contributed by atoms with E-state index >= 15 is 0 Å². The molecule has 3 atom stereocenters. The molecule has 0 amide bonds. The standard InChI is InChI=1S/C17H27NOS2/c1-5-8-18-16(17-13(3)20-9-10-21-17)14-11-12(2)6-7-15(14)19-4/h6-7,11,13,16-18H,5,8-10H2,1-4H3. The van der Waals surface area contributed by atoms with Gasteiger partial charge in [0.1, 0.15) is 5.75 Å². The van der Waals surface area contributed by atoms with Gasteiger partial charge in [-0.05, 0) is 26.0 Å². The Labute approximate surface area is 137 Å². The summed E-state index contributed by atoms with van der Waals surface area (Å²) in [5.74, 6) is 3.53. The molecule has 21 heavy (non-hydrogen) atoms. The maximum absolute atomic E-state index is 5.63. The van der Waals surface area contributed by atoms with Crippen LogP contribution in [0.5, 0.6) is 5.75 Å². The Kier molecular flexibility index (Phi) is 6.77. The molecule has 0 saturated carbocycles. The Morgan fingerprint density at radius 2 is 2.10 bits per heavy atom. The third-order valence-corrected chi connectivity index (χ3v) is 7.09. The van der Waals surface area contributed by atoms with Gasteiger partial charge in [-0.3, -0.25) is 0 Å². The number of methoxy groups -OCH3 is 1. The van der Waals surface area contributed by atoms with Crippen LogP contribution in [0.15, 0.2) is 18.2 Å². The summed E-state index contributed by atoms with van der Waals surface area (Å²) in [6.07, 6.45) is 1.16. The molecule has 3 unspecified atom stereocenters. The highest BCUT2D eigenvalue weighted by atomic mass is 32.2. The van der Waals surface area contributed by atoms with Crippen molar-refractivity contribution in [2.24, 2.45) is 0 Å². The van der Waals surface area contributed by atoms with Crippen LogP contribution in [0.1, 0.15) is 37.4 Å². The second-order valence-electron chi connectivity index (χ2n) is 5.59. The molecule has 0 aliphatic carbocycles. The first kappa shape index (κ1) is 17.0. The van der Waals surface area contributed by atoms with E-state index in [4.69, 9.17) is 4.74 Å². The Hall–Kier alpha value is -0.320. The van der Waals surface area contributed by atoms with Crippen molar-refractivity contribution in [1.29, 1.82) is 0 Å². The van der Waals surface area contributed by atoms with Crippen LogP contribution in [0.3, 0.4) is 0 Å². The van der Waals surface area contributed by atoms with E-state index in [0.717, 1.165) is 18.7 Å². The molecule has 1 aromatic carbocycles. The minimum absolute atomic E-state index is 0.368. The van der Waals surface area contributed by atoms with Crippen LogP contribution in [-0.4, -0.2) is 35.7 Å². The summed E-state index contributed by atoms with van der Waals surface area (Å²) in [5.41, 5.74) is 2.62. The van der Waals surface area contributed by atoms with Crippen molar-refractivity contribution in [2.75, 3.05) is 25.2 Å². The summed E-state index contributed by atoms with van der Waals surface area (Å²) in [6, 6.07) is 6.90. The van der Waals surface area contributed by atoms with Crippen LogP contribution in [-0.2, 0) is 0 Å². The molecule has 2 rings (SSSR count). The highest BCUT2D eigenvalue weighted by Gasteiger charge is 2.32. The molecule has 0 spiro atoms. The number of benzene rings is 1. The number of ether oxygens (including phenoxy) is 1. The normalized spacial score (nSPS) is 23.8. The lowest BCUT2D eigenvalue weighted by Crippen LogP contribution is -2.38. The first-order valence-electron chi connectivity index (χ1n) is 7.78. The molecule has 1 aliphatic heterocycles. The predicted molar refractivity (Wildman–Crippen MR) is 96.9 cm³/mol. The third-order valence-electron chi connectivity index (χ3n) is 3.90. The second-order valence-corrected chi connectivity index (χ2v) is 8.36. The molecule has 4 heteroatoms. The molecule has 1 heterocycles. The topological polar surface area (TPSA) is 21.3 Å². The predicted octanol–water partition coefficient (Wildman–Crippen LogP) is 4.28. The third kappa shape index (κ3) is 4.33. The van der Waals surface area contributed by atoms with Crippen molar-refractivity contribution in [2.45, 2.75) is 43.7 Å². The average molecular weight is 326 g/mol. The van der Waals surface area contributed by atoms with Gasteiger partial charge in [0, 0.05) is 33.6 Å². The Morgan fingerprint density at radius 1 is 1.33 bits per heavy atom. The van der Waals surface area contributed by atoms with Gasteiger partial charge in [-0.25, -0.2) is 0 Å². The van der Waals surface area contributed by atoms with Crippen molar-refractivity contribution in [1.82, 2.24) is 5.32 Å². The summed E-state index contributed by atoms with van der Waals surface area (Å²) in [4.78, 5) is 0. The fourth-order valence-corrected chi connectivity index (χ4v) is 5.75. The van der Waals surface area contributed by atoms with Crippen molar-refractivity contribution in [3.05, 3.63) is 29.3 Å². The van der Waals surface area contributed by atoms with Crippen LogP contribution in [0.25, 0.3) is 0 Å². The summed E-state index contributed by atoms with van der Waals surface area (Å²) >= 11 is 4.21. The largest absolute Gasteiger partial charge is 0.496 e. The van der Waals surface area contributed by atoms with E-state index in [0.29, 0.717) is 16.5 Å². The zero-order valence-corrected chi connectivity index (χ0v) is 15.2. The summed E-state index contributed by atoms with van der Waals surface area (Å²) in [7, 11) is 1.78. The molecule has 1 aliphatic rings. The maximum atomic E-state index is 5.63. The number of rotatable bonds is 6. The number of hydrogen-bond donors (Lipinski definition) is 1. The summed E-state index contributed by atoms with van der Waals surface area (Å²) < 4.78 is 5.63. The summed E-state index contributed by atoms with van der Waals surface area (Å²) in [5, 5.41) is 5.05. The van der Waals surface area contributed by atoms with Crippen molar-refractivity contribution >= 4 is 23.5 Å². The number of thioether (sulfide) groups is 2. The second kappa shape index (κ2) is 8.35. The number of hydrogen-bond acceptors (Lipinski definition) is 4. The average Bonchev–Trinajstić information content (AvgIpc) is 2.49. The van der Waals surface area contributed by atoms with E-state index in [1.54, 1.807) is 7.11 Å². The molecule has 2 nitrogen and oxygen atoms in total. The quantitative estimate of drug-likeness (QED) is 0.842. The number of nitrogens with one attached hydrogen (secondary N) is 1. The summed E-state index contributed by atoms with van der Waals surface area (Å²) in [6.45, 7) is 7.80. The van der Waals surface area contributed by atoms with E-state index in [2.05, 4.69) is 67.8 Å². The Balaban J connectivity index is 2.32. The smallest absolute Gasteiger partial charge is 0.123 e. The van der Waals surface area contributed by atoms with Crippen LogP contribution >= 0.6 is 23.5 Å². The first-order valence-corrected chi connectivity index (χ1v) is 9.88. The molecule has 118 valence electrons. The molecule has 0 aromatic heterocycles. The molecule has 0 radical (unpaired) electrons. The first-order chi connectivity index (χ1) is 10.2. The zero-order valence-electron chi connectivity index (χ0n) is 13.5. The SMILES string of the molecule is CCCNC(c1cc(C)ccc1OC)C1SCCSC1C. The van der Waals surface area contributed by atoms with Gasteiger partial charge in [0.2, 0.25) is 0 Å². The maximum Gasteiger partial charge on any atom is 0.123 e. The molecule has 0 bridgehead atoms. The van der Waals surface area contributed by atoms with Gasteiger partial charge < -0.3 is 10.1 Å². The lowest BCUT2D eigenvalue weighted by Gasteiger charge is -2.36. The zero-order chi connectivity index (χ0) is 15.2. The van der Waals surface area contributed by atoms with Crippen molar-refractivity contribution in [3.63, 3.8) is 0 Å². The molecule has 1 fully saturated rings. The van der Waals surface area contributed by atoms with Gasteiger partial charge in [-0.1, -0.05) is 31.5 Å². The Bertz CT molecular complexity index is 452. The van der Waals surface area contributed by atoms with Crippen LogP contribution < -0.4 is 10.1 Å². The molecular formula is C17H27NOS2. The van der Waals surface area contributed by atoms with E-state index in [9.17, 15) is 0 Å². The lowest BCUT2D eigenvalue weighted by atomic mass is 9.98. The highest BCUT2D eigenvalue weighted by Crippen LogP contribution is 2.41. The van der Waals surface area contributed by atoms with E-state index in [1.807, 2.05) is 0 Å². The van der Waals surface area contributed by atoms with Gasteiger partial charge in [-0.15, -0.1) is 0 Å². The van der Waals surface area contributed by atoms with E-state index < -0.39 is 0 Å². The fourth-order valence-electron chi connectivity index (χ4n) is 2.82. The molecular weight excluding hydrogens is 298 g/mol.